The van der Waals surface area contributed by atoms with Gasteiger partial charge in [0.05, 0.1) is 12.9 Å². The Labute approximate surface area is 182 Å². The first-order chi connectivity index (χ1) is 14.7. The largest absolute Gasteiger partial charge is 0.479 e. The molecule has 3 rings (SSSR count). The molecule has 3 aromatic rings. The summed E-state index contributed by atoms with van der Waals surface area (Å²) in [4.78, 5) is 11.7. The van der Waals surface area contributed by atoms with Crippen molar-refractivity contribution in [1.29, 1.82) is 0 Å². The summed E-state index contributed by atoms with van der Waals surface area (Å²) < 4.78 is 40.3. The maximum atomic E-state index is 11.7. The summed E-state index contributed by atoms with van der Waals surface area (Å²) in [6.45, 7) is 4.57. The number of aromatic nitrogens is 1. The minimum absolute atomic E-state index is 0.307. The summed E-state index contributed by atoms with van der Waals surface area (Å²) >= 11 is 0. The van der Waals surface area contributed by atoms with Crippen molar-refractivity contribution in [3.8, 4) is 11.5 Å². The molecule has 0 aliphatic rings. The SMILES string of the molecule is CCOC(=O)C(C)Oc1cccc(CCCn2ccc3cc(OS(C)(=O)=O)ccc32)c1. The van der Waals surface area contributed by atoms with E-state index in [4.69, 9.17) is 13.7 Å². The third-order valence-electron chi connectivity index (χ3n) is 4.68. The minimum atomic E-state index is -3.55. The maximum absolute atomic E-state index is 11.7. The summed E-state index contributed by atoms with van der Waals surface area (Å²) in [5.74, 6) is 0.571. The smallest absolute Gasteiger partial charge is 0.347 e. The molecule has 8 heteroatoms. The number of esters is 1. The summed E-state index contributed by atoms with van der Waals surface area (Å²) in [6.07, 6.45) is 4.11. The van der Waals surface area contributed by atoms with Crippen LogP contribution in [0.15, 0.2) is 54.7 Å². The number of nitrogens with zero attached hydrogens (tertiary/aromatic N) is 1. The fraction of sp³-hybridized carbons (Fsp3) is 0.348. The standard InChI is InChI=1S/C23H27NO6S/c1-4-28-23(25)17(2)29-20-9-5-7-18(15-20)8-6-13-24-14-12-19-16-21(10-11-22(19)24)30-31(3,26)27/h5,7,9-12,14-17H,4,6,8,13H2,1-3H3. The van der Waals surface area contributed by atoms with Gasteiger partial charge in [0.2, 0.25) is 0 Å². The van der Waals surface area contributed by atoms with E-state index >= 15 is 0 Å². The van der Waals surface area contributed by atoms with Crippen LogP contribution in [0, 0.1) is 0 Å². The van der Waals surface area contributed by atoms with Crippen molar-refractivity contribution < 1.29 is 26.9 Å². The molecule has 0 saturated heterocycles. The van der Waals surface area contributed by atoms with Crippen molar-refractivity contribution >= 4 is 27.0 Å². The highest BCUT2D eigenvalue weighted by Gasteiger charge is 2.15. The molecule has 0 N–H and O–H groups in total. The van der Waals surface area contributed by atoms with E-state index in [1.54, 1.807) is 26.0 Å². The maximum Gasteiger partial charge on any atom is 0.347 e. The van der Waals surface area contributed by atoms with E-state index in [-0.39, 0.29) is 5.97 Å². The van der Waals surface area contributed by atoms with E-state index in [1.165, 1.54) is 0 Å². The number of hydrogen-bond donors (Lipinski definition) is 0. The Morgan fingerprint density at radius 2 is 1.90 bits per heavy atom. The van der Waals surface area contributed by atoms with Gasteiger partial charge in [0, 0.05) is 23.6 Å². The highest BCUT2D eigenvalue weighted by molar-refractivity contribution is 7.86. The Hall–Kier alpha value is -3.00. The minimum Gasteiger partial charge on any atom is -0.479 e. The third-order valence-corrected chi connectivity index (χ3v) is 5.18. The first kappa shape index (κ1) is 22.7. The molecule has 0 aliphatic heterocycles. The molecule has 0 aliphatic carbocycles. The molecule has 0 fully saturated rings. The number of ether oxygens (including phenoxy) is 2. The van der Waals surface area contributed by atoms with Crippen LogP contribution in [0.25, 0.3) is 10.9 Å². The van der Waals surface area contributed by atoms with Crippen molar-refractivity contribution in [2.45, 2.75) is 39.3 Å². The Kier molecular flexibility index (Phi) is 7.22. The number of fused-ring (bicyclic) bond motifs is 1. The average molecular weight is 446 g/mol. The van der Waals surface area contributed by atoms with E-state index in [9.17, 15) is 13.2 Å². The Morgan fingerprint density at radius 3 is 2.65 bits per heavy atom. The van der Waals surface area contributed by atoms with Crippen LogP contribution in [0.3, 0.4) is 0 Å². The lowest BCUT2D eigenvalue weighted by Crippen LogP contribution is -2.26. The molecule has 166 valence electrons. The van der Waals surface area contributed by atoms with Crippen LogP contribution in [0.4, 0.5) is 0 Å². The highest BCUT2D eigenvalue weighted by atomic mass is 32.2. The number of aryl methyl sites for hydroxylation is 2. The molecule has 2 aromatic carbocycles. The zero-order chi connectivity index (χ0) is 22.4. The van der Waals surface area contributed by atoms with Gasteiger partial charge >= 0.3 is 16.1 Å². The average Bonchev–Trinajstić information content (AvgIpc) is 3.09. The van der Waals surface area contributed by atoms with E-state index in [0.717, 1.165) is 42.1 Å². The fourth-order valence-corrected chi connectivity index (χ4v) is 3.79. The van der Waals surface area contributed by atoms with Crippen LogP contribution in [0.2, 0.25) is 0 Å². The molecule has 0 bridgehead atoms. The zero-order valence-electron chi connectivity index (χ0n) is 17.9. The third kappa shape index (κ3) is 6.49. The number of rotatable bonds is 10. The Balaban J connectivity index is 1.59. The molecular weight excluding hydrogens is 418 g/mol. The summed E-state index contributed by atoms with van der Waals surface area (Å²) in [7, 11) is -3.55. The zero-order valence-corrected chi connectivity index (χ0v) is 18.7. The van der Waals surface area contributed by atoms with Crippen molar-refractivity contribution in [3.63, 3.8) is 0 Å². The Bertz CT molecular complexity index is 1150. The second-order valence-corrected chi connectivity index (χ2v) is 8.86. The first-order valence-electron chi connectivity index (χ1n) is 10.2. The van der Waals surface area contributed by atoms with Crippen LogP contribution in [-0.4, -0.2) is 37.9 Å². The predicted octanol–water partition coefficient (Wildman–Crippen LogP) is 3.94. The van der Waals surface area contributed by atoms with Crippen molar-refractivity contribution in [1.82, 2.24) is 4.57 Å². The monoisotopic (exact) mass is 445 g/mol. The quantitative estimate of drug-likeness (QED) is 0.347. The van der Waals surface area contributed by atoms with E-state index in [1.807, 2.05) is 42.6 Å². The Morgan fingerprint density at radius 1 is 1.10 bits per heavy atom. The molecule has 1 atom stereocenters. The molecule has 0 saturated carbocycles. The molecule has 1 heterocycles. The molecule has 0 spiro atoms. The van der Waals surface area contributed by atoms with Crippen LogP contribution >= 0.6 is 0 Å². The van der Waals surface area contributed by atoms with Crippen molar-refractivity contribution in [2.75, 3.05) is 12.9 Å². The van der Waals surface area contributed by atoms with Gasteiger partial charge in [-0.05, 0) is 68.7 Å². The van der Waals surface area contributed by atoms with Gasteiger partial charge in [-0.3, -0.25) is 0 Å². The first-order valence-corrected chi connectivity index (χ1v) is 12.0. The highest BCUT2D eigenvalue weighted by Crippen LogP contribution is 2.24. The topological polar surface area (TPSA) is 83.8 Å². The van der Waals surface area contributed by atoms with Crippen molar-refractivity contribution in [2.24, 2.45) is 0 Å². The second-order valence-electron chi connectivity index (χ2n) is 7.28. The second kappa shape index (κ2) is 9.87. The van der Waals surface area contributed by atoms with Crippen LogP contribution < -0.4 is 8.92 Å². The van der Waals surface area contributed by atoms with E-state index < -0.39 is 16.2 Å². The normalized spacial score (nSPS) is 12.5. The summed E-state index contributed by atoms with van der Waals surface area (Å²) in [5.41, 5.74) is 2.13. The van der Waals surface area contributed by atoms with Gasteiger partial charge in [0.25, 0.3) is 0 Å². The van der Waals surface area contributed by atoms with Gasteiger partial charge in [-0.1, -0.05) is 12.1 Å². The van der Waals surface area contributed by atoms with Crippen LogP contribution in [0.1, 0.15) is 25.8 Å². The van der Waals surface area contributed by atoms with Gasteiger partial charge in [0.15, 0.2) is 6.10 Å². The van der Waals surface area contributed by atoms with Gasteiger partial charge in [-0.2, -0.15) is 8.42 Å². The van der Waals surface area contributed by atoms with Gasteiger partial charge < -0.3 is 18.2 Å². The molecule has 1 aromatic heterocycles. The molecule has 31 heavy (non-hydrogen) atoms. The van der Waals surface area contributed by atoms with Crippen molar-refractivity contribution in [3.05, 3.63) is 60.3 Å². The predicted molar refractivity (Wildman–Crippen MR) is 119 cm³/mol. The molecule has 0 amide bonds. The van der Waals surface area contributed by atoms with Gasteiger partial charge in [0.1, 0.15) is 11.5 Å². The van der Waals surface area contributed by atoms with E-state index in [2.05, 4.69) is 4.57 Å². The molecular formula is C23H27NO6S. The number of benzene rings is 2. The van der Waals surface area contributed by atoms with E-state index in [0.29, 0.717) is 18.1 Å². The number of carbonyl (C=O) groups is 1. The molecule has 7 nitrogen and oxygen atoms in total. The van der Waals surface area contributed by atoms with Gasteiger partial charge in [-0.15, -0.1) is 0 Å². The summed E-state index contributed by atoms with van der Waals surface area (Å²) in [5, 5.41) is 0.921. The molecule has 0 radical (unpaired) electrons. The molecule has 1 unspecified atom stereocenters. The lowest BCUT2D eigenvalue weighted by molar-refractivity contribution is -0.150. The number of carbonyl (C=O) groups excluding carboxylic acids is 1. The summed E-state index contributed by atoms with van der Waals surface area (Å²) in [6, 6.07) is 14.9. The van der Waals surface area contributed by atoms with Crippen LogP contribution in [0.5, 0.6) is 11.5 Å². The number of hydrogen-bond acceptors (Lipinski definition) is 6. The van der Waals surface area contributed by atoms with Crippen LogP contribution in [-0.2, 0) is 32.6 Å². The lowest BCUT2D eigenvalue weighted by Gasteiger charge is -2.14. The lowest BCUT2D eigenvalue weighted by atomic mass is 10.1. The fourth-order valence-electron chi connectivity index (χ4n) is 3.34. The van der Waals surface area contributed by atoms with Gasteiger partial charge in [-0.25, -0.2) is 4.79 Å².